The van der Waals surface area contributed by atoms with E-state index in [0.717, 1.165) is 11.8 Å². The quantitative estimate of drug-likeness (QED) is 0.375. The first kappa shape index (κ1) is 24.5. The molecule has 0 aliphatic heterocycles. The molecule has 1 atom stereocenters. The first-order chi connectivity index (χ1) is 16.7. The van der Waals surface area contributed by atoms with E-state index in [2.05, 4.69) is 4.98 Å². The third-order valence-electron chi connectivity index (χ3n) is 5.82. The number of methoxy groups -OCH3 is 1. The number of H-pyrrole nitrogens is 1. The number of nitrogens with one attached hydrogen (secondary N) is 1. The van der Waals surface area contributed by atoms with Crippen molar-refractivity contribution < 1.29 is 22.3 Å². The van der Waals surface area contributed by atoms with Crippen molar-refractivity contribution in [3.8, 4) is 11.5 Å². The van der Waals surface area contributed by atoms with E-state index in [9.17, 15) is 17.6 Å². The van der Waals surface area contributed by atoms with Crippen molar-refractivity contribution in [1.82, 2.24) is 9.55 Å². The van der Waals surface area contributed by atoms with E-state index in [0.29, 0.717) is 40.3 Å². The Labute approximate surface area is 203 Å². The average Bonchev–Trinajstić information content (AvgIpc) is 3.15. The van der Waals surface area contributed by atoms with Gasteiger partial charge in [-0.25, -0.2) is 17.6 Å². The van der Waals surface area contributed by atoms with Crippen LogP contribution in [0.2, 0.25) is 0 Å². The van der Waals surface area contributed by atoms with E-state index in [1.165, 1.54) is 17.7 Å². The summed E-state index contributed by atoms with van der Waals surface area (Å²) in [4.78, 5) is 16.1. The summed E-state index contributed by atoms with van der Waals surface area (Å²) in [6, 6.07) is 16.1. The second-order valence-electron chi connectivity index (χ2n) is 8.33. The molecule has 1 unspecified atom stereocenters. The number of aromatic nitrogens is 2. The molecule has 1 aromatic heterocycles. The number of para-hydroxylation sites is 1. The van der Waals surface area contributed by atoms with Gasteiger partial charge >= 0.3 is 5.69 Å². The molecule has 9 heteroatoms. The summed E-state index contributed by atoms with van der Waals surface area (Å²) >= 11 is 0. The predicted molar refractivity (Wildman–Crippen MR) is 134 cm³/mol. The van der Waals surface area contributed by atoms with Crippen LogP contribution in [-0.4, -0.2) is 43.7 Å². The second-order valence-corrected chi connectivity index (χ2v) is 10.5. The SMILES string of the molecule is CCOc1cc(C(CS(C)(=O)=O)n2c(=O)[nH]c3c(Cc4ccccc4F)cccc32)ccc1OC. The number of ether oxygens (including phenoxy) is 2. The number of sulfone groups is 1. The number of nitrogens with zero attached hydrogens (tertiary/aromatic N) is 1. The van der Waals surface area contributed by atoms with Gasteiger partial charge in [-0.15, -0.1) is 0 Å². The molecule has 0 aliphatic rings. The van der Waals surface area contributed by atoms with E-state index < -0.39 is 21.6 Å². The monoisotopic (exact) mass is 498 g/mol. The van der Waals surface area contributed by atoms with Gasteiger partial charge in [-0.3, -0.25) is 4.57 Å². The van der Waals surface area contributed by atoms with Crippen LogP contribution in [0.4, 0.5) is 4.39 Å². The maximum atomic E-state index is 14.3. The minimum Gasteiger partial charge on any atom is -0.493 e. The van der Waals surface area contributed by atoms with Gasteiger partial charge in [0, 0.05) is 12.7 Å². The molecule has 4 aromatic rings. The number of rotatable bonds is 9. The van der Waals surface area contributed by atoms with E-state index in [4.69, 9.17) is 9.47 Å². The van der Waals surface area contributed by atoms with Gasteiger partial charge in [0.05, 0.1) is 36.5 Å². The summed E-state index contributed by atoms with van der Waals surface area (Å²) in [5, 5.41) is 0. The van der Waals surface area contributed by atoms with Crippen molar-refractivity contribution in [3.63, 3.8) is 0 Å². The molecule has 4 rings (SSSR count). The van der Waals surface area contributed by atoms with Gasteiger partial charge in [-0.2, -0.15) is 0 Å². The molecular formula is C26H27FN2O5S. The van der Waals surface area contributed by atoms with E-state index >= 15 is 0 Å². The molecule has 0 saturated carbocycles. The van der Waals surface area contributed by atoms with Crippen LogP contribution in [0.25, 0.3) is 11.0 Å². The van der Waals surface area contributed by atoms with Gasteiger partial charge in [0.1, 0.15) is 15.7 Å². The molecule has 0 saturated heterocycles. The largest absolute Gasteiger partial charge is 0.493 e. The van der Waals surface area contributed by atoms with Gasteiger partial charge in [0.15, 0.2) is 11.5 Å². The van der Waals surface area contributed by atoms with Crippen LogP contribution >= 0.6 is 0 Å². The predicted octanol–water partition coefficient (Wildman–Crippen LogP) is 4.10. The van der Waals surface area contributed by atoms with Crippen LogP contribution < -0.4 is 15.2 Å². The molecule has 7 nitrogen and oxygen atoms in total. The Bertz CT molecular complexity index is 1520. The molecule has 184 valence electrons. The summed E-state index contributed by atoms with van der Waals surface area (Å²) in [6.07, 6.45) is 1.41. The maximum absolute atomic E-state index is 14.3. The minimum atomic E-state index is -3.48. The Balaban J connectivity index is 1.88. The van der Waals surface area contributed by atoms with Crippen molar-refractivity contribution in [3.05, 3.63) is 93.7 Å². The van der Waals surface area contributed by atoms with Gasteiger partial charge in [0.2, 0.25) is 0 Å². The van der Waals surface area contributed by atoms with Crippen LogP contribution in [0.15, 0.2) is 65.5 Å². The normalized spacial score (nSPS) is 12.6. The number of benzene rings is 3. The van der Waals surface area contributed by atoms with Gasteiger partial charge in [-0.05, 0) is 47.9 Å². The zero-order valence-corrected chi connectivity index (χ0v) is 20.6. The van der Waals surface area contributed by atoms with E-state index in [1.807, 2.05) is 13.0 Å². The maximum Gasteiger partial charge on any atom is 0.327 e. The first-order valence-corrected chi connectivity index (χ1v) is 13.2. The highest BCUT2D eigenvalue weighted by molar-refractivity contribution is 7.90. The third-order valence-corrected chi connectivity index (χ3v) is 6.74. The topological polar surface area (TPSA) is 90.4 Å². The highest BCUT2D eigenvalue weighted by Crippen LogP contribution is 2.33. The Morgan fingerprint density at radius 2 is 1.77 bits per heavy atom. The van der Waals surface area contributed by atoms with Crippen molar-refractivity contribution in [2.45, 2.75) is 19.4 Å². The molecule has 1 heterocycles. The fourth-order valence-electron chi connectivity index (χ4n) is 4.29. The van der Waals surface area contributed by atoms with Crippen LogP contribution in [0.3, 0.4) is 0 Å². The molecule has 1 N–H and O–H groups in total. The van der Waals surface area contributed by atoms with Crippen LogP contribution in [0.1, 0.15) is 29.7 Å². The fraction of sp³-hybridized carbons (Fsp3) is 0.269. The van der Waals surface area contributed by atoms with Gasteiger partial charge in [-0.1, -0.05) is 36.4 Å². The number of aromatic amines is 1. The molecule has 0 aliphatic carbocycles. The lowest BCUT2D eigenvalue weighted by atomic mass is 10.0. The van der Waals surface area contributed by atoms with Crippen molar-refractivity contribution >= 4 is 20.9 Å². The third kappa shape index (κ3) is 5.24. The number of halogens is 1. The lowest BCUT2D eigenvalue weighted by molar-refractivity contribution is 0.310. The lowest BCUT2D eigenvalue weighted by Crippen LogP contribution is -2.28. The Morgan fingerprint density at radius 1 is 1.03 bits per heavy atom. The standard InChI is InChI=1S/C26H27FN2O5S/c1-4-34-24-15-18(12-13-23(24)33-2)22(16-35(3,31)32)29-21-11-7-9-19(25(21)28-26(29)30)14-17-8-5-6-10-20(17)27/h5-13,15,22H,4,14,16H2,1-3H3,(H,28,30). The van der Waals surface area contributed by atoms with Crippen LogP contribution in [-0.2, 0) is 16.3 Å². The number of hydrogen-bond acceptors (Lipinski definition) is 5. The molecule has 0 bridgehead atoms. The fourth-order valence-corrected chi connectivity index (χ4v) is 5.20. The summed E-state index contributed by atoms with van der Waals surface area (Å²) in [7, 11) is -1.96. The molecule has 0 amide bonds. The minimum absolute atomic E-state index is 0.276. The van der Waals surface area contributed by atoms with Crippen LogP contribution in [0, 0.1) is 5.82 Å². The first-order valence-electron chi connectivity index (χ1n) is 11.2. The molecular weight excluding hydrogens is 471 g/mol. The molecule has 3 aromatic carbocycles. The highest BCUT2D eigenvalue weighted by atomic mass is 32.2. The number of hydrogen-bond donors (Lipinski definition) is 1. The lowest BCUT2D eigenvalue weighted by Gasteiger charge is -2.20. The highest BCUT2D eigenvalue weighted by Gasteiger charge is 2.25. The molecule has 0 fully saturated rings. The summed E-state index contributed by atoms with van der Waals surface area (Å²) in [5.74, 6) is 0.337. The van der Waals surface area contributed by atoms with E-state index in [1.54, 1.807) is 48.5 Å². The summed E-state index contributed by atoms with van der Waals surface area (Å²) in [5.41, 5.74) is 2.43. The molecule has 35 heavy (non-hydrogen) atoms. The zero-order valence-electron chi connectivity index (χ0n) is 19.7. The molecule has 0 spiro atoms. The van der Waals surface area contributed by atoms with Crippen molar-refractivity contribution in [2.75, 3.05) is 25.7 Å². The average molecular weight is 499 g/mol. The van der Waals surface area contributed by atoms with Crippen molar-refractivity contribution in [1.29, 1.82) is 0 Å². The summed E-state index contributed by atoms with van der Waals surface area (Å²) in [6.45, 7) is 2.23. The van der Waals surface area contributed by atoms with Gasteiger partial charge in [0.25, 0.3) is 0 Å². The van der Waals surface area contributed by atoms with Crippen LogP contribution in [0.5, 0.6) is 11.5 Å². The zero-order chi connectivity index (χ0) is 25.2. The Morgan fingerprint density at radius 3 is 2.46 bits per heavy atom. The van der Waals surface area contributed by atoms with E-state index in [-0.39, 0.29) is 18.0 Å². The number of imidazole rings is 1. The Hall–Kier alpha value is -3.59. The summed E-state index contributed by atoms with van der Waals surface area (Å²) < 4.78 is 51.6. The molecule has 0 radical (unpaired) electrons. The van der Waals surface area contributed by atoms with Gasteiger partial charge < -0.3 is 14.5 Å². The second kappa shape index (κ2) is 9.95. The Kier molecular flexibility index (Phi) is 6.98. The van der Waals surface area contributed by atoms with Crippen molar-refractivity contribution in [2.24, 2.45) is 0 Å². The smallest absolute Gasteiger partial charge is 0.327 e. The number of fused-ring (bicyclic) bond motifs is 1.